The molecule has 3 rings (SSSR count). The summed E-state index contributed by atoms with van der Waals surface area (Å²) in [7, 11) is 2.21. The van der Waals surface area contributed by atoms with Crippen LogP contribution in [0.4, 0.5) is 5.82 Å². The van der Waals surface area contributed by atoms with E-state index in [0.29, 0.717) is 18.0 Å². The van der Waals surface area contributed by atoms with E-state index in [1.54, 1.807) is 0 Å². The monoisotopic (exact) mass is 324 g/mol. The number of nitrogens with zero attached hydrogens (tertiary/aromatic N) is 4. The van der Waals surface area contributed by atoms with Gasteiger partial charge in [-0.15, -0.1) is 0 Å². The zero-order valence-electron chi connectivity index (χ0n) is 11.8. The molecule has 0 aromatic carbocycles. The van der Waals surface area contributed by atoms with Gasteiger partial charge in [-0.2, -0.15) is 0 Å². The van der Waals surface area contributed by atoms with Crippen LogP contribution in [0, 0.1) is 0 Å². The van der Waals surface area contributed by atoms with E-state index in [9.17, 15) is 0 Å². The van der Waals surface area contributed by atoms with Crippen LogP contribution in [0.1, 0.15) is 38.4 Å². The fourth-order valence-electron chi connectivity index (χ4n) is 2.70. The van der Waals surface area contributed by atoms with Crippen molar-refractivity contribution in [3.63, 3.8) is 0 Å². The standard InChI is InChI=1S/C14H21BrN4/c1-9-7-19(8-10(2)18(9)3)13-6-12(15)16-14(17-13)11-4-5-11/h6,9-11H,4-5,7-8H2,1-3H3. The van der Waals surface area contributed by atoms with Crippen molar-refractivity contribution in [2.24, 2.45) is 0 Å². The summed E-state index contributed by atoms with van der Waals surface area (Å²) in [6, 6.07) is 3.17. The molecule has 5 heteroatoms. The van der Waals surface area contributed by atoms with Crippen LogP contribution in [0.3, 0.4) is 0 Å². The van der Waals surface area contributed by atoms with Crippen molar-refractivity contribution in [3.8, 4) is 0 Å². The van der Waals surface area contributed by atoms with E-state index in [2.05, 4.69) is 57.7 Å². The lowest BCUT2D eigenvalue weighted by atomic mass is 10.1. The van der Waals surface area contributed by atoms with Crippen molar-refractivity contribution in [1.29, 1.82) is 0 Å². The molecule has 0 amide bonds. The molecular formula is C14H21BrN4. The van der Waals surface area contributed by atoms with E-state index in [1.165, 1.54) is 12.8 Å². The molecule has 1 aliphatic heterocycles. The lowest BCUT2D eigenvalue weighted by Gasteiger charge is -2.43. The molecule has 19 heavy (non-hydrogen) atoms. The molecule has 2 aliphatic rings. The first-order valence-corrected chi connectivity index (χ1v) is 7.85. The maximum Gasteiger partial charge on any atom is 0.135 e. The number of hydrogen-bond donors (Lipinski definition) is 0. The van der Waals surface area contributed by atoms with Gasteiger partial charge < -0.3 is 4.90 Å². The van der Waals surface area contributed by atoms with Crippen molar-refractivity contribution in [1.82, 2.24) is 14.9 Å². The number of halogens is 1. The van der Waals surface area contributed by atoms with E-state index < -0.39 is 0 Å². The fraction of sp³-hybridized carbons (Fsp3) is 0.714. The summed E-state index contributed by atoms with van der Waals surface area (Å²) < 4.78 is 0.915. The van der Waals surface area contributed by atoms with Crippen LogP contribution in [0.25, 0.3) is 0 Å². The molecule has 2 fully saturated rings. The van der Waals surface area contributed by atoms with Gasteiger partial charge in [0.05, 0.1) is 0 Å². The van der Waals surface area contributed by atoms with Crippen molar-refractivity contribution >= 4 is 21.7 Å². The van der Waals surface area contributed by atoms with Gasteiger partial charge in [-0.05, 0) is 49.7 Å². The second-order valence-electron chi connectivity index (χ2n) is 5.95. The van der Waals surface area contributed by atoms with Gasteiger partial charge in [0.1, 0.15) is 16.2 Å². The summed E-state index contributed by atoms with van der Waals surface area (Å²) in [6.07, 6.45) is 2.48. The zero-order valence-corrected chi connectivity index (χ0v) is 13.4. The van der Waals surface area contributed by atoms with Crippen LogP contribution in [0.15, 0.2) is 10.7 Å². The summed E-state index contributed by atoms with van der Waals surface area (Å²) in [5.74, 6) is 2.69. The third-order valence-electron chi connectivity index (χ3n) is 4.32. The summed E-state index contributed by atoms with van der Waals surface area (Å²) in [5, 5.41) is 0. The molecule has 2 unspecified atom stereocenters. The molecule has 1 saturated heterocycles. The molecule has 0 N–H and O–H groups in total. The molecule has 104 valence electrons. The molecule has 1 saturated carbocycles. The van der Waals surface area contributed by atoms with Crippen LogP contribution in [0.5, 0.6) is 0 Å². The van der Waals surface area contributed by atoms with Crippen molar-refractivity contribution < 1.29 is 0 Å². The third kappa shape index (κ3) is 2.77. The second kappa shape index (κ2) is 5.02. The van der Waals surface area contributed by atoms with Crippen LogP contribution >= 0.6 is 15.9 Å². The molecule has 0 bridgehead atoms. The summed E-state index contributed by atoms with van der Waals surface area (Å²) in [4.78, 5) is 14.1. The molecule has 2 heterocycles. The fourth-order valence-corrected chi connectivity index (χ4v) is 3.09. The Labute approximate surface area is 123 Å². The Hall–Kier alpha value is -0.680. The summed E-state index contributed by atoms with van der Waals surface area (Å²) in [6.45, 7) is 6.63. The average molecular weight is 325 g/mol. The van der Waals surface area contributed by atoms with Gasteiger partial charge in [0.2, 0.25) is 0 Å². The van der Waals surface area contributed by atoms with Gasteiger partial charge in [-0.3, -0.25) is 4.90 Å². The van der Waals surface area contributed by atoms with Crippen LogP contribution in [-0.2, 0) is 0 Å². The van der Waals surface area contributed by atoms with E-state index in [-0.39, 0.29) is 0 Å². The highest BCUT2D eigenvalue weighted by Crippen LogP contribution is 2.39. The maximum atomic E-state index is 4.78. The van der Waals surface area contributed by atoms with E-state index in [4.69, 9.17) is 4.98 Å². The number of piperazine rings is 1. The minimum atomic E-state index is 0.557. The molecule has 0 spiro atoms. The van der Waals surface area contributed by atoms with E-state index in [1.807, 2.05) is 0 Å². The molecular weight excluding hydrogens is 304 g/mol. The zero-order chi connectivity index (χ0) is 13.6. The Kier molecular flexibility index (Phi) is 3.52. The molecule has 1 aliphatic carbocycles. The first-order chi connectivity index (χ1) is 9.04. The lowest BCUT2D eigenvalue weighted by Crippen LogP contribution is -2.55. The molecule has 1 aromatic heterocycles. The van der Waals surface area contributed by atoms with E-state index >= 15 is 0 Å². The summed E-state index contributed by atoms with van der Waals surface area (Å²) >= 11 is 3.53. The Morgan fingerprint density at radius 2 is 1.79 bits per heavy atom. The number of anilines is 1. The topological polar surface area (TPSA) is 32.3 Å². The molecule has 4 nitrogen and oxygen atoms in total. The average Bonchev–Trinajstić information content (AvgIpc) is 3.18. The van der Waals surface area contributed by atoms with Gasteiger partial charge in [-0.1, -0.05) is 0 Å². The van der Waals surface area contributed by atoms with Crippen molar-refractivity contribution in [2.75, 3.05) is 25.0 Å². The van der Waals surface area contributed by atoms with Gasteiger partial charge in [0, 0.05) is 37.2 Å². The highest BCUT2D eigenvalue weighted by molar-refractivity contribution is 9.10. The highest BCUT2D eigenvalue weighted by Gasteiger charge is 2.30. The quantitative estimate of drug-likeness (QED) is 0.783. The number of likely N-dealkylation sites (N-methyl/N-ethyl adjacent to an activating group) is 1. The predicted octanol–water partition coefficient (Wildman–Crippen LogP) is 2.65. The largest absolute Gasteiger partial charge is 0.353 e. The molecule has 0 radical (unpaired) electrons. The predicted molar refractivity (Wildman–Crippen MR) is 80.6 cm³/mol. The summed E-state index contributed by atoms with van der Waals surface area (Å²) in [5.41, 5.74) is 0. The van der Waals surface area contributed by atoms with Crippen molar-refractivity contribution in [2.45, 2.75) is 44.7 Å². The SMILES string of the molecule is CC1CN(c2cc(Br)nc(C3CC3)n2)CC(C)N1C. The lowest BCUT2D eigenvalue weighted by molar-refractivity contribution is 0.169. The molecule has 2 atom stereocenters. The highest BCUT2D eigenvalue weighted by atomic mass is 79.9. The first kappa shape index (κ1) is 13.3. The number of hydrogen-bond acceptors (Lipinski definition) is 4. The van der Waals surface area contributed by atoms with Gasteiger partial charge in [0.25, 0.3) is 0 Å². The van der Waals surface area contributed by atoms with Crippen LogP contribution < -0.4 is 4.90 Å². The minimum absolute atomic E-state index is 0.557. The van der Waals surface area contributed by atoms with Crippen molar-refractivity contribution in [3.05, 3.63) is 16.5 Å². The minimum Gasteiger partial charge on any atom is -0.353 e. The van der Waals surface area contributed by atoms with Gasteiger partial charge in [-0.25, -0.2) is 9.97 Å². The maximum absolute atomic E-state index is 4.78. The third-order valence-corrected chi connectivity index (χ3v) is 4.73. The Morgan fingerprint density at radius 1 is 1.16 bits per heavy atom. The normalized spacial score (nSPS) is 28.7. The second-order valence-corrected chi connectivity index (χ2v) is 6.76. The number of rotatable bonds is 2. The molecule has 1 aromatic rings. The number of aromatic nitrogens is 2. The van der Waals surface area contributed by atoms with Gasteiger partial charge >= 0.3 is 0 Å². The van der Waals surface area contributed by atoms with Gasteiger partial charge in [0.15, 0.2) is 0 Å². The van der Waals surface area contributed by atoms with E-state index in [0.717, 1.165) is 29.3 Å². The van der Waals surface area contributed by atoms with Crippen LogP contribution in [-0.4, -0.2) is 47.1 Å². The first-order valence-electron chi connectivity index (χ1n) is 7.06. The Balaban J connectivity index is 1.85. The van der Waals surface area contributed by atoms with Crippen LogP contribution in [0.2, 0.25) is 0 Å². The Bertz CT molecular complexity index is 463. The Morgan fingerprint density at radius 3 is 2.37 bits per heavy atom. The smallest absolute Gasteiger partial charge is 0.135 e.